The maximum atomic E-state index is 13.0. The van der Waals surface area contributed by atoms with Crippen LogP contribution in [0.5, 0.6) is 0 Å². The Morgan fingerprint density at radius 1 is 1.36 bits per heavy atom. The molecule has 1 atom stereocenters. The van der Waals surface area contributed by atoms with Gasteiger partial charge >= 0.3 is 5.97 Å². The summed E-state index contributed by atoms with van der Waals surface area (Å²) in [5, 5.41) is -0.109. The van der Waals surface area contributed by atoms with Crippen LogP contribution in [-0.4, -0.2) is 25.5 Å². The third kappa shape index (κ3) is 4.34. The maximum Gasteiger partial charge on any atom is 0.339 e. The van der Waals surface area contributed by atoms with Crippen molar-refractivity contribution in [2.24, 2.45) is 4.03 Å². The number of hydrogen-bond donors (Lipinski definition) is 0. The quantitative estimate of drug-likeness (QED) is 0.378. The van der Waals surface area contributed by atoms with E-state index in [0.29, 0.717) is 4.47 Å². The number of carbonyl (C=O) groups is 1. The van der Waals surface area contributed by atoms with E-state index in [1.165, 1.54) is 13.2 Å². The highest BCUT2D eigenvalue weighted by atomic mass is 79.9. The number of rotatable bonds is 3. The number of esters is 1. The van der Waals surface area contributed by atoms with Crippen molar-refractivity contribution in [3.8, 4) is 0 Å². The van der Waals surface area contributed by atoms with E-state index in [9.17, 15) is 9.00 Å². The summed E-state index contributed by atoms with van der Waals surface area (Å²) in [4.78, 5) is 12.1. The van der Waals surface area contributed by atoms with Gasteiger partial charge in [0.1, 0.15) is 0 Å². The highest BCUT2D eigenvalue weighted by Crippen LogP contribution is 2.39. The van der Waals surface area contributed by atoms with E-state index in [2.05, 4.69) is 40.7 Å². The van der Waals surface area contributed by atoms with Gasteiger partial charge in [-0.05, 0) is 36.3 Å². The van der Waals surface area contributed by atoms with Crippen molar-refractivity contribution in [3.05, 3.63) is 28.2 Å². The average molecular weight is 427 g/mol. The molecule has 0 radical (unpaired) electrons. The first-order valence-electron chi connectivity index (χ1n) is 6.67. The minimum Gasteiger partial charge on any atom is -0.465 e. The first-order valence-corrected chi connectivity index (χ1v) is 12.8. The average Bonchev–Trinajstić information content (AvgIpc) is 2.35. The van der Waals surface area contributed by atoms with Crippen LogP contribution < -0.4 is 0 Å². The molecule has 0 bridgehead atoms. The largest absolute Gasteiger partial charge is 0.465 e. The van der Waals surface area contributed by atoms with Gasteiger partial charge in [0.05, 0.1) is 17.6 Å². The summed E-state index contributed by atoms with van der Waals surface area (Å²) in [6.07, 6.45) is 0. The van der Waals surface area contributed by atoms with Crippen molar-refractivity contribution in [1.29, 1.82) is 0 Å². The minimum absolute atomic E-state index is 0.109. The summed E-state index contributed by atoms with van der Waals surface area (Å²) in [5.41, 5.74) is 0.174. The summed E-state index contributed by atoms with van der Waals surface area (Å²) >= 11 is 3.31. The second kappa shape index (κ2) is 6.63. The third-order valence-electron chi connectivity index (χ3n) is 3.80. The standard InChI is InChI=1S/C14H21BrClNO3SSi/c1-14(2,3)22(5,6)17-21(16,19)12-9-10(15)7-8-11(12)13(18)20-4/h7-9H,1-6H3. The molecule has 1 rings (SSSR count). The molecule has 0 saturated carbocycles. The van der Waals surface area contributed by atoms with Crippen molar-refractivity contribution in [2.75, 3.05) is 7.11 Å². The second-order valence-corrected chi connectivity index (χ2v) is 15.4. The predicted molar refractivity (Wildman–Crippen MR) is 97.4 cm³/mol. The molecular formula is C14H21BrClNO3SSi. The zero-order chi connectivity index (χ0) is 17.3. The number of nitrogens with zero attached hydrogens (tertiary/aromatic N) is 1. The van der Waals surface area contributed by atoms with E-state index >= 15 is 0 Å². The Bertz CT molecular complexity index is 707. The molecule has 0 heterocycles. The van der Waals surface area contributed by atoms with Gasteiger partial charge in [-0.2, -0.15) is 0 Å². The molecule has 0 aromatic heterocycles. The van der Waals surface area contributed by atoms with E-state index in [1.54, 1.807) is 12.1 Å². The van der Waals surface area contributed by atoms with Crippen molar-refractivity contribution >= 4 is 49.8 Å². The van der Waals surface area contributed by atoms with E-state index < -0.39 is 23.1 Å². The van der Waals surface area contributed by atoms with Crippen LogP contribution in [0.2, 0.25) is 18.1 Å². The molecule has 1 aromatic rings. The fraction of sp³-hybridized carbons (Fsp3) is 0.500. The van der Waals surface area contributed by atoms with Crippen LogP contribution in [0.15, 0.2) is 31.6 Å². The number of ether oxygens (including phenoxy) is 1. The number of hydrogen-bond acceptors (Lipinski definition) is 4. The Morgan fingerprint density at radius 3 is 2.36 bits per heavy atom. The first kappa shape index (κ1) is 19.7. The van der Waals surface area contributed by atoms with Gasteiger partial charge in [0.25, 0.3) is 0 Å². The van der Waals surface area contributed by atoms with Gasteiger partial charge in [-0.1, -0.05) is 36.7 Å². The van der Waals surface area contributed by atoms with Crippen molar-refractivity contribution in [1.82, 2.24) is 0 Å². The predicted octanol–water partition coefficient (Wildman–Crippen LogP) is 5.22. The van der Waals surface area contributed by atoms with Crippen LogP contribution in [0.25, 0.3) is 0 Å². The monoisotopic (exact) mass is 425 g/mol. The Balaban J connectivity index is 3.63. The fourth-order valence-corrected chi connectivity index (χ4v) is 8.44. The number of benzene rings is 1. The topological polar surface area (TPSA) is 55.7 Å². The summed E-state index contributed by atoms with van der Waals surface area (Å²) in [6, 6.07) is 4.78. The highest BCUT2D eigenvalue weighted by molar-refractivity contribution is 9.10. The molecule has 0 aliphatic heterocycles. The van der Waals surface area contributed by atoms with E-state index in [-0.39, 0.29) is 15.5 Å². The van der Waals surface area contributed by atoms with Crippen LogP contribution in [0, 0.1) is 0 Å². The molecular weight excluding hydrogens is 406 g/mol. The molecule has 0 amide bonds. The second-order valence-electron chi connectivity index (χ2n) is 6.49. The molecule has 0 saturated heterocycles. The summed E-state index contributed by atoms with van der Waals surface area (Å²) in [6.45, 7) is 10.2. The Labute approximate surface area is 146 Å². The number of methoxy groups -OCH3 is 1. The molecule has 22 heavy (non-hydrogen) atoms. The molecule has 4 nitrogen and oxygen atoms in total. The maximum absolute atomic E-state index is 13.0. The zero-order valence-corrected chi connectivity index (χ0v) is 17.7. The lowest BCUT2D eigenvalue weighted by Gasteiger charge is -2.32. The molecule has 1 aromatic carbocycles. The third-order valence-corrected chi connectivity index (χ3v) is 12.7. The molecule has 0 spiro atoms. The van der Waals surface area contributed by atoms with Crippen molar-refractivity contribution in [2.45, 2.75) is 43.8 Å². The number of carbonyl (C=O) groups excluding carboxylic acids is 1. The van der Waals surface area contributed by atoms with Crippen LogP contribution in [0.4, 0.5) is 0 Å². The van der Waals surface area contributed by atoms with Gasteiger partial charge < -0.3 is 4.74 Å². The lowest BCUT2D eigenvalue weighted by Crippen LogP contribution is -2.36. The van der Waals surface area contributed by atoms with Crippen LogP contribution >= 0.6 is 26.6 Å². The van der Waals surface area contributed by atoms with Gasteiger partial charge in [-0.25, -0.2) is 9.00 Å². The highest BCUT2D eigenvalue weighted by Gasteiger charge is 2.38. The molecule has 0 aliphatic rings. The van der Waals surface area contributed by atoms with Crippen LogP contribution in [-0.2, 0) is 13.7 Å². The van der Waals surface area contributed by atoms with Gasteiger partial charge in [-0.15, -0.1) is 0 Å². The van der Waals surface area contributed by atoms with Gasteiger partial charge in [-0.3, -0.25) is 4.03 Å². The molecule has 1 unspecified atom stereocenters. The SMILES string of the molecule is COC(=O)c1ccc(Br)cc1S(=O)(Cl)=N[Si](C)(C)C(C)(C)C. The molecule has 0 aliphatic carbocycles. The van der Waals surface area contributed by atoms with Gasteiger partial charge in [0.15, 0.2) is 17.2 Å². The molecule has 8 heteroatoms. The molecule has 124 valence electrons. The summed E-state index contributed by atoms with van der Waals surface area (Å²) in [5.74, 6) is -0.582. The zero-order valence-electron chi connectivity index (χ0n) is 13.6. The lowest BCUT2D eigenvalue weighted by molar-refractivity contribution is 0.0596. The van der Waals surface area contributed by atoms with Crippen LogP contribution in [0.3, 0.4) is 0 Å². The summed E-state index contributed by atoms with van der Waals surface area (Å²) < 4.78 is 23.0. The molecule has 0 N–H and O–H groups in total. The first-order chi connectivity index (χ1) is 9.82. The van der Waals surface area contributed by atoms with E-state index in [1.807, 2.05) is 13.1 Å². The summed E-state index contributed by atoms with van der Waals surface area (Å²) in [7, 11) is 2.08. The van der Waals surface area contributed by atoms with E-state index in [4.69, 9.17) is 15.4 Å². The minimum atomic E-state index is -3.23. The fourth-order valence-electron chi connectivity index (χ4n) is 1.46. The Morgan fingerprint density at radius 2 is 1.91 bits per heavy atom. The Hall–Kier alpha value is -0.373. The molecule has 0 fully saturated rings. The van der Waals surface area contributed by atoms with Crippen molar-refractivity contribution in [3.63, 3.8) is 0 Å². The smallest absolute Gasteiger partial charge is 0.339 e. The number of halogens is 2. The van der Waals surface area contributed by atoms with Crippen molar-refractivity contribution < 1.29 is 13.7 Å². The Kier molecular flexibility index (Phi) is 5.93. The normalized spacial score (nSPS) is 15.1. The lowest BCUT2D eigenvalue weighted by atomic mass is 10.2. The van der Waals surface area contributed by atoms with E-state index in [0.717, 1.165) is 0 Å². The van der Waals surface area contributed by atoms with Gasteiger partial charge in [0.2, 0.25) is 0 Å². The van der Waals surface area contributed by atoms with Crippen LogP contribution in [0.1, 0.15) is 31.1 Å². The van der Waals surface area contributed by atoms with Gasteiger partial charge in [0, 0.05) is 15.2 Å².